The van der Waals surface area contributed by atoms with Crippen molar-refractivity contribution in [2.24, 2.45) is 11.3 Å². The molecule has 4 aliphatic rings. The first-order chi connectivity index (χ1) is 15.2. The van der Waals surface area contributed by atoms with Crippen LogP contribution in [0, 0.1) is 11.3 Å². The Kier molecular flexibility index (Phi) is 8.19. The Morgan fingerprint density at radius 3 is 2.27 bits per heavy atom. The van der Waals surface area contributed by atoms with Gasteiger partial charge in [0.25, 0.3) is 0 Å². The van der Waals surface area contributed by atoms with Crippen molar-refractivity contribution in [2.45, 2.75) is 121 Å². The van der Waals surface area contributed by atoms with E-state index in [0.717, 1.165) is 50.7 Å². The van der Waals surface area contributed by atoms with Crippen LogP contribution in [0.4, 0.5) is 0 Å². The lowest BCUT2D eigenvalue weighted by Gasteiger charge is -2.71. The van der Waals surface area contributed by atoms with Crippen molar-refractivity contribution in [1.82, 2.24) is 4.90 Å². The molecule has 5 unspecified atom stereocenters. The van der Waals surface area contributed by atoms with Gasteiger partial charge in [0.15, 0.2) is 0 Å². The minimum absolute atomic E-state index is 0. The van der Waals surface area contributed by atoms with Crippen LogP contribution in [0.5, 0.6) is 5.75 Å². The number of methoxy groups -OCH3 is 1. The van der Waals surface area contributed by atoms with E-state index in [1.807, 2.05) is 0 Å². The van der Waals surface area contributed by atoms with E-state index in [0.29, 0.717) is 18.0 Å². The molecular formula is C29H48ClNO2. The van der Waals surface area contributed by atoms with Crippen molar-refractivity contribution < 1.29 is 9.84 Å². The lowest BCUT2D eigenvalue weighted by atomic mass is 9.41. The normalized spacial score (nSPS) is 32.9. The first-order valence-electron chi connectivity index (χ1n) is 13.4. The van der Waals surface area contributed by atoms with Crippen LogP contribution in [0.2, 0.25) is 0 Å². The minimum Gasteiger partial charge on any atom is -0.497 e. The number of nitrogens with zero attached hydrogens (tertiary/aromatic N) is 1. The number of benzene rings is 1. The predicted octanol–water partition coefficient (Wildman–Crippen LogP) is 6.92. The number of ether oxygens (including phenoxy) is 1. The largest absolute Gasteiger partial charge is 0.497 e. The molecule has 3 nitrogen and oxygen atoms in total. The molecule has 0 amide bonds. The van der Waals surface area contributed by atoms with Crippen molar-refractivity contribution in [3.8, 4) is 5.75 Å². The highest BCUT2D eigenvalue weighted by Gasteiger charge is 2.67. The number of piperidine rings is 2. The fourth-order valence-corrected chi connectivity index (χ4v) is 8.00. The number of rotatable bonds is 10. The van der Waals surface area contributed by atoms with Gasteiger partial charge >= 0.3 is 0 Å². The topological polar surface area (TPSA) is 32.7 Å². The highest BCUT2D eigenvalue weighted by molar-refractivity contribution is 5.85. The Morgan fingerprint density at radius 1 is 1.06 bits per heavy atom. The van der Waals surface area contributed by atoms with Gasteiger partial charge in [-0.15, -0.1) is 12.4 Å². The first kappa shape index (κ1) is 26.8. The first-order valence-corrected chi connectivity index (χ1v) is 13.4. The number of aliphatic hydroxyl groups is 1. The minimum atomic E-state index is -0.521. The molecule has 3 fully saturated rings. The maximum Gasteiger partial charge on any atom is 0.119 e. The smallest absolute Gasteiger partial charge is 0.119 e. The zero-order chi connectivity index (χ0) is 23.1. The summed E-state index contributed by atoms with van der Waals surface area (Å²) in [5, 5.41) is 12.2. The Hall–Kier alpha value is -0.770. The summed E-state index contributed by atoms with van der Waals surface area (Å²) < 4.78 is 5.63. The average molecular weight is 478 g/mol. The second-order valence-corrected chi connectivity index (χ2v) is 11.8. The summed E-state index contributed by atoms with van der Waals surface area (Å²) in [7, 11) is 4.13. The van der Waals surface area contributed by atoms with E-state index >= 15 is 0 Å². The van der Waals surface area contributed by atoms with Crippen LogP contribution in [0.15, 0.2) is 18.2 Å². The van der Waals surface area contributed by atoms with E-state index < -0.39 is 5.60 Å². The average Bonchev–Trinajstić information content (AvgIpc) is 2.77. The molecule has 1 aromatic carbocycles. The second kappa shape index (κ2) is 10.1. The molecule has 0 aromatic heterocycles. The zero-order valence-electron chi connectivity index (χ0n) is 22.0. The van der Waals surface area contributed by atoms with E-state index in [2.05, 4.69) is 57.8 Å². The monoisotopic (exact) mass is 477 g/mol. The third-order valence-corrected chi connectivity index (χ3v) is 10.2. The van der Waals surface area contributed by atoms with Gasteiger partial charge in [0.1, 0.15) is 5.75 Å². The molecule has 1 saturated carbocycles. The molecule has 1 aromatic rings. The summed E-state index contributed by atoms with van der Waals surface area (Å²) in [4.78, 5) is 2.69. The summed E-state index contributed by atoms with van der Waals surface area (Å²) in [5.41, 5.74) is 2.80. The summed E-state index contributed by atoms with van der Waals surface area (Å²) in [5.74, 6) is 1.36. The Labute approximate surface area is 209 Å². The van der Waals surface area contributed by atoms with Crippen molar-refractivity contribution in [1.29, 1.82) is 0 Å². The van der Waals surface area contributed by atoms with Crippen LogP contribution in [0.3, 0.4) is 0 Å². The second-order valence-electron chi connectivity index (χ2n) is 11.8. The number of unbranched alkanes of at least 4 members (excludes halogenated alkanes) is 4. The van der Waals surface area contributed by atoms with Crippen molar-refractivity contribution >= 4 is 12.4 Å². The third-order valence-electron chi connectivity index (χ3n) is 10.2. The molecule has 4 heteroatoms. The molecular weight excluding hydrogens is 430 g/mol. The van der Waals surface area contributed by atoms with Gasteiger partial charge in [-0.05, 0) is 67.8 Å². The lowest BCUT2D eigenvalue weighted by molar-refractivity contribution is -0.199. The molecule has 188 valence electrons. The van der Waals surface area contributed by atoms with E-state index in [4.69, 9.17) is 4.74 Å². The summed E-state index contributed by atoms with van der Waals surface area (Å²) in [6, 6.07) is 7.77. The van der Waals surface area contributed by atoms with E-state index in [-0.39, 0.29) is 23.2 Å². The van der Waals surface area contributed by atoms with Gasteiger partial charge in [0.2, 0.25) is 0 Å². The van der Waals surface area contributed by atoms with Gasteiger partial charge in [0, 0.05) is 23.4 Å². The van der Waals surface area contributed by atoms with Crippen LogP contribution in [0.25, 0.3) is 0 Å². The molecule has 2 saturated heterocycles. The Bertz CT molecular complexity index is 803. The summed E-state index contributed by atoms with van der Waals surface area (Å²) >= 11 is 0. The number of fused-ring (bicyclic) bond motifs is 2. The zero-order valence-corrected chi connectivity index (χ0v) is 22.8. The lowest BCUT2D eigenvalue weighted by Crippen LogP contribution is -2.75. The fraction of sp³-hybridized carbons (Fsp3) is 0.793. The number of halogens is 1. The SMILES string of the molecule is CCCCCC(O)(CCCCC)C1CC2(C)C3Cc4ccc(OC)cc4C2(C)CC1N3C.Cl. The molecule has 33 heavy (non-hydrogen) atoms. The van der Waals surface area contributed by atoms with Crippen molar-refractivity contribution in [2.75, 3.05) is 14.2 Å². The molecule has 2 aliphatic heterocycles. The van der Waals surface area contributed by atoms with Crippen LogP contribution < -0.4 is 4.74 Å². The van der Waals surface area contributed by atoms with Crippen molar-refractivity contribution in [3.05, 3.63) is 29.3 Å². The van der Waals surface area contributed by atoms with Crippen LogP contribution >= 0.6 is 12.4 Å². The molecule has 5 rings (SSSR count). The van der Waals surface area contributed by atoms with Crippen molar-refractivity contribution in [3.63, 3.8) is 0 Å². The predicted molar refractivity (Wildman–Crippen MR) is 141 cm³/mol. The third kappa shape index (κ3) is 4.25. The summed E-state index contributed by atoms with van der Waals surface area (Å²) in [6.45, 7) is 9.58. The molecule has 0 radical (unpaired) electrons. The number of hydrogen-bond donors (Lipinski definition) is 1. The highest BCUT2D eigenvalue weighted by atomic mass is 35.5. The van der Waals surface area contributed by atoms with Gasteiger partial charge in [-0.1, -0.05) is 72.3 Å². The molecule has 0 spiro atoms. The fourth-order valence-electron chi connectivity index (χ4n) is 8.00. The van der Waals surface area contributed by atoms with Crippen LogP contribution in [-0.4, -0.2) is 41.8 Å². The highest BCUT2D eigenvalue weighted by Crippen LogP contribution is 2.66. The molecule has 1 N–H and O–H groups in total. The van der Waals surface area contributed by atoms with E-state index in [1.54, 1.807) is 7.11 Å². The maximum absolute atomic E-state index is 12.2. The number of hydrogen-bond acceptors (Lipinski definition) is 3. The van der Waals surface area contributed by atoms with Gasteiger partial charge in [-0.25, -0.2) is 0 Å². The Morgan fingerprint density at radius 2 is 1.70 bits per heavy atom. The van der Waals surface area contributed by atoms with Gasteiger partial charge in [-0.2, -0.15) is 0 Å². The van der Waals surface area contributed by atoms with Gasteiger partial charge in [0.05, 0.1) is 12.7 Å². The standard InChI is InChI=1S/C29H47NO2.ClH/c1-7-9-11-15-29(31,16-12-10-8-2)24-19-28(4)26-17-21-13-14-22(32-6)18-23(21)27(28,3)20-25(24)30(26)5;/h13-14,18,24-26,31H,7-12,15-17,19-20H2,1-6H3;1H. The molecule has 4 bridgehead atoms. The van der Waals surface area contributed by atoms with E-state index in [1.165, 1.54) is 36.8 Å². The van der Waals surface area contributed by atoms with Crippen LogP contribution in [0.1, 0.15) is 103 Å². The molecule has 2 aliphatic carbocycles. The number of likely N-dealkylation sites (N-methyl/N-ethyl adjacent to an activating group) is 1. The summed E-state index contributed by atoms with van der Waals surface area (Å²) in [6.07, 6.45) is 12.6. The maximum atomic E-state index is 12.2. The van der Waals surface area contributed by atoms with E-state index in [9.17, 15) is 5.11 Å². The molecule has 2 heterocycles. The van der Waals surface area contributed by atoms with Gasteiger partial charge < -0.3 is 9.84 Å². The van der Waals surface area contributed by atoms with Crippen LogP contribution in [-0.2, 0) is 11.8 Å². The Balaban J connectivity index is 0.00000306. The van der Waals surface area contributed by atoms with Gasteiger partial charge in [-0.3, -0.25) is 4.90 Å². The quantitative estimate of drug-likeness (QED) is 0.371. The molecule has 5 atom stereocenters.